The molecule has 0 saturated heterocycles. The van der Waals surface area contributed by atoms with Gasteiger partial charge in [-0.1, -0.05) is 18.2 Å². The standard InChI is InChI=1S/C10H6ClN3O/c11-10-12-9(13-14-10)7-5-15-8-4-2-1-3-6(7)8/h1-5H,(H,12,13,14). The maximum atomic E-state index is 5.67. The predicted octanol–water partition coefficient (Wildman–Crippen LogP) is 2.87. The molecule has 15 heavy (non-hydrogen) atoms. The van der Waals surface area contributed by atoms with Crippen molar-refractivity contribution in [3.63, 3.8) is 0 Å². The molecule has 0 aliphatic carbocycles. The lowest BCUT2D eigenvalue weighted by molar-refractivity contribution is 0.616. The molecule has 1 aromatic carbocycles. The van der Waals surface area contributed by atoms with E-state index in [2.05, 4.69) is 15.2 Å². The first-order valence-electron chi connectivity index (χ1n) is 4.39. The van der Waals surface area contributed by atoms with Crippen molar-refractivity contribution in [3.8, 4) is 11.4 Å². The topological polar surface area (TPSA) is 54.7 Å². The molecule has 2 aromatic heterocycles. The maximum absolute atomic E-state index is 5.67. The van der Waals surface area contributed by atoms with Crippen molar-refractivity contribution in [2.24, 2.45) is 0 Å². The molecule has 0 fully saturated rings. The first-order chi connectivity index (χ1) is 7.34. The van der Waals surface area contributed by atoms with Crippen LogP contribution in [0.15, 0.2) is 34.9 Å². The number of furan rings is 1. The van der Waals surface area contributed by atoms with Gasteiger partial charge in [0, 0.05) is 5.39 Å². The van der Waals surface area contributed by atoms with Crippen LogP contribution in [0.25, 0.3) is 22.4 Å². The summed E-state index contributed by atoms with van der Waals surface area (Å²) in [5.74, 6) is 0.546. The molecule has 0 spiro atoms. The minimum absolute atomic E-state index is 0.273. The monoisotopic (exact) mass is 219 g/mol. The molecule has 0 unspecified atom stereocenters. The van der Waals surface area contributed by atoms with Crippen LogP contribution in [0.5, 0.6) is 0 Å². The summed E-state index contributed by atoms with van der Waals surface area (Å²) in [6.07, 6.45) is 1.63. The van der Waals surface area contributed by atoms with Crippen molar-refractivity contribution in [3.05, 3.63) is 35.8 Å². The van der Waals surface area contributed by atoms with Crippen LogP contribution in [0, 0.1) is 0 Å². The van der Waals surface area contributed by atoms with E-state index in [4.69, 9.17) is 16.0 Å². The number of benzene rings is 1. The van der Waals surface area contributed by atoms with Gasteiger partial charge in [-0.3, -0.25) is 0 Å². The van der Waals surface area contributed by atoms with Crippen LogP contribution in [0.1, 0.15) is 0 Å². The molecule has 0 aliphatic rings. The van der Waals surface area contributed by atoms with Gasteiger partial charge < -0.3 is 4.42 Å². The van der Waals surface area contributed by atoms with Crippen molar-refractivity contribution in [1.29, 1.82) is 0 Å². The van der Waals surface area contributed by atoms with Gasteiger partial charge in [0.05, 0.1) is 5.56 Å². The van der Waals surface area contributed by atoms with Gasteiger partial charge in [0.2, 0.25) is 5.28 Å². The van der Waals surface area contributed by atoms with Gasteiger partial charge in [-0.2, -0.15) is 10.1 Å². The minimum atomic E-state index is 0.273. The van der Waals surface area contributed by atoms with Gasteiger partial charge in [-0.25, -0.2) is 5.10 Å². The van der Waals surface area contributed by atoms with E-state index in [0.29, 0.717) is 5.82 Å². The molecule has 0 saturated carbocycles. The van der Waals surface area contributed by atoms with Crippen molar-refractivity contribution in [2.45, 2.75) is 0 Å². The van der Waals surface area contributed by atoms with Gasteiger partial charge in [0.1, 0.15) is 11.8 Å². The second-order valence-corrected chi connectivity index (χ2v) is 3.45. The van der Waals surface area contributed by atoms with E-state index in [9.17, 15) is 0 Å². The highest BCUT2D eigenvalue weighted by molar-refractivity contribution is 6.28. The molecule has 3 rings (SSSR count). The molecular weight excluding hydrogens is 214 g/mol. The lowest BCUT2D eigenvalue weighted by atomic mass is 10.2. The van der Waals surface area contributed by atoms with Gasteiger partial charge in [0.25, 0.3) is 0 Å². The van der Waals surface area contributed by atoms with Crippen molar-refractivity contribution in [2.75, 3.05) is 0 Å². The van der Waals surface area contributed by atoms with Crippen LogP contribution < -0.4 is 0 Å². The third-order valence-corrected chi connectivity index (χ3v) is 2.35. The summed E-state index contributed by atoms with van der Waals surface area (Å²) >= 11 is 5.67. The number of rotatable bonds is 1. The van der Waals surface area contributed by atoms with E-state index >= 15 is 0 Å². The largest absolute Gasteiger partial charge is 0.464 e. The Kier molecular flexibility index (Phi) is 1.76. The summed E-state index contributed by atoms with van der Waals surface area (Å²) in [5.41, 5.74) is 1.65. The molecular formula is C10H6ClN3O. The highest BCUT2D eigenvalue weighted by Gasteiger charge is 2.11. The number of hydrogen-bond donors (Lipinski definition) is 1. The summed E-state index contributed by atoms with van der Waals surface area (Å²) in [6, 6.07) is 7.71. The minimum Gasteiger partial charge on any atom is -0.464 e. The Balaban J connectivity index is 2.27. The zero-order valence-electron chi connectivity index (χ0n) is 7.57. The zero-order chi connectivity index (χ0) is 10.3. The first-order valence-corrected chi connectivity index (χ1v) is 4.77. The molecule has 0 aliphatic heterocycles. The number of hydrogen-bond acceptors (Lipinski definition) is 3. The van der Waals surface area contributed by atoms with Crippen LogP contribution in [-0.2, 0) is 0 Å². The van der Waals surface area contributed by atoms with E-state index in [1.807, 2.05) is 24.3 Å². The Morgan fingerprint density at radius 2 is 2.13 bits per heavy atom. The summed E-state index contributed by atoms with van der Waals surface area (Å²) < 4.78 is 5.38. The molecule has 0 atom stereocenters. The van der Waals surface area contributed by atoms with Gasteiger partial charge >= 0.3 is 0 Å². The number of nitrogens with one attached hydrogen (secondary N) is 1. The number of H-pyrrole nitrogens is 1. The highest BCUT2D eigenvalue weighted by Crippen LogP contribution is 2.28. The van der Waals surface area contributed by atoms with E-state index < -0.39 is 0 Å². The molecule has 3 aromatic rings. The number of para-hydroxylation sites is 1. The van der Waals surface area contributed by atoms with Crippen LogP contribution in [0.3, 0.4) is 0 Å². The number of fused-ring (bicyclic) bond motifs is 1. The Morgan fingerprint density at radius 1 is 1.27 bits per heavy atom. The third-order valence-electron chi connectivity index (χ3n) is 2.18. The molecule has 0 bridgehead atoms. The Morgan fingerprint density at radius 3 is 2.93 bits per heavy atom. The van der Waals surface area contributed by atoms with Crippen molar-refractivity contribution in [1.82, 2.24) is 15.2 Å². The van der Waals surface area contributed by atoms with Crippen LogP contribution in [-0.4, -0.2) is 15.2 Å². The van der Waals surface area contributed by atoms with Crippen LogP contribution in [0.2, 0.25) is 5.28 Å². The average Bonchev–Trinajstić information content (AvgIpc) is 2.83. The molecule has 0 radical (unpaired) electrons. The smallest absolute Gasteiger partial charge is 0.218 e. The molecule has 1 N–H and O–H groups in total. The van der Waals surface area contributed by atoms with Crippen molar-refractivity contribution < 1.29 is 4.42 Å². The van der Waals surface area contributed by atoms with Crippen LogP contribution in [0.4, 0.5) is 0 Å². The maximum Gasteiger partial charge on any atom is 0.218 e. The number of nitrogens with zero attached hydrogens (tertiary/aromatic N) is 2. The van der Waals surface area contributed by atoms with Gasteiger partial charge in [-0.15, -0.1) is 0 Å². The third kappa shape index (κ3) is 1.30. The Labute approximate surface area is 89.9 Å². The van der Waals surface area contributed by atoms with E-state index in [0.717, 1.165) is 16.5 Å². The van der Waals surface area contributed by atoms with Crippen LogP contribution >= 0.6 is 11.6 Å². The fraction of sp³-hybridized carbons (Fsp3) is 0. The first kappa shape index (κ1) is 8.49. The SMILES string of the molecule is Clc1nc(-c2coc3ccccc23)n[nH]1. The molecule has 4 nitrogen and oxygen atoms in total. The second-order valence-electron chi connectivity index (χ2n) is 3.10. The number of aromatic nitrogens is 3. The quantitative estimate of drug-likeness (QED) is 0.685. The molecule has 5 heteroatoms. The van der Waals surface area contributed by atoms with Gasteiger partial charge in [-0.05, 0) is 17.7 Å². The second kappa shape index (κ2) is 3.10. The average molecular weight is 220 g/mol. The van der Waals surface area contributed by atoms with Crippen molar-refractivity contribution >= 4 is 22.6 Å². The Hall–Kier alpha value is -1.81. The van der Waals surface area contributed by atoms with E-state index in [1.165, 1.54) is 0 Å². The fourth-order valence-corrected chi connectivity index (χ4v) is 1.64. The van der Waals surface area contributed by atoms with E-state index in [-0.39, 0.29) is 5.28 Å². The molecule has 74 valence electrons. The highest BCUT2D eigenvalue weighted by atomic mass is 35.5. The number of halogens is 1. The lowest BCUT2D eigenvalue weighted by Crippen LogP contribution is -1.77. The molecule has 0 amide bonds. The lowest BCUT2D eigenvalue weighted by Gasteiger charge is -1.89. The summed E-state index contributed by atoms with van der Waals surface area (Å²) in [5, 5.41) is 7.82. The molecule has 2 heterocycles. The fourth-order valence-electron chi connectivity index (χ4n) is 1.51. The summed E-state index contributed by atoms with van der Waals surface area (Å²) in [4.78, 5) is 4.04. The van der Waals surface area contributed by atoms with E-state index in [1.54, 1.807) is 6.26 Å². The number of aromatic amines is 1. The summed E-state index contributed by atoms with van der Waals surface area (Å²) in [7, 11) is 0. The summed E-state index contributed by atoms with van der Waals surface area (Å²) in [6.45, 7) is 0. The van der Waals surface area contributed by atoms with Gasteiger partial charge in [0.15, 0.2) is 5.82 Å². The Bertz CT molecular complexity index is 614. The zero-order valence-corrected chi connectivity index (χ0v) is 8.32. The normalized spacial score (nSPS) is 11.0. The predicted molar refractivity (Wildman–Crippen MR) is 56.6 cm³/mol.